The number of nitrogens with one attached hydrogen (secondary N) is 1. The van der Waals surface area contributed by atoms with Crippen molar-refractivity contribution in [2.45, 2.75) is 39.2 Å². The highest BCUT2D eigenvalue weighted by molar-refractivity contribution is 5.93. The molecule has 0 unspecified atom stereocenters. The zero-order valence-corrected chi connectivity index (χ0v) is 17.2. The number of rotatable bonds is 3. The Labute approximate surface area is 169 Å². The Bertz CT molecular complexity index is 1050. The van der Waals surface area contributed by atoms with E-state index in [1.54, 1.807) is 22.8 Å². The summed E-state index contributed by atoms with van der Waals surface area (Å²) >= 11 is 0. The minimum absolute atomic E-state index is 0.0833. The molecule has 152 valence electrons. The molecule has 2 aromatic heterocycles. The van der Waals surface area contributed by atoms with Gasteiger partial charge in [-0.2, -0.15) is 5.10 Å². The fraction of sp³-hybridized carbons (Fsp3) is 0.409. The van der Waals surface area contributed by atoms with Crippen molar-refractivity contribution in [3.8, 4) is 11.3 Å². The second-order valence-corrected chi connectivity index (χ2v) is 8.49. The minimum Gasteiger partial charge on any atom is -0.330 e. The molecule has 7 heteroatoms. The molecule has 1 N–H and O–H groups in total. The fourth-order valence-electron chi connectivity index (χ4n) is 3.79. The molecule has 1 saturated heterocycles. The van der Waals surface area contributed by atoms with Gasteiger partial charge in [0.2, 0.25) is 0 Å². The van der Waals surface area contributed by atoms with E-state index >= 15 is 0 Å². The quantitative estimate of drug-likeness (QED) is 0.738. The number of piperazine rings is 1. The SMILES string of the molecule is CC(C)c1cc(-c2ccc(F)cc2)nn2cc(C(=O)N3CCNCC3(C)C)nc12. The maximum Gasteiger partial charge on any atom is 0.274 e. The number of hydrogen-bond donors (Lipinski definition) is 1. The first-order valence-corrected chi connectivity index (χ1v) is 9.95. The first-order valence-electron chi connectivity index (χ1n) is 9.95. The third-order valence-corrected chi connectivity index (χ3v) is 5.48. The number of amides is 1. The van der Waals surface area contributed by atoms with Crippen LogP contribution in [0.5, 0.6) is 0 Å². The van der Waals surface area contributed by atoms with Crippen LogP contribution in [0.3, 0.4) is 0 Å². The van der Waals surface area contributed by atoms with Crippen LogP contribution in [0.25, 0.3) is 16.9 Å². The molecular weight excluding hydrogens is 369 g/mol. The van der Waals surface area contributed by atoms with Crippen molar-refractivity contribution in [2.75, 3.05) is 19.6 Å². The van der Waals surface area contributed by atoms with Gasteiger partial charge in [0.15, 0.2) is 5.65 Å². The molecule has 0 aliphatic carbocycles. The van der Waals surface area contributed by atoms with Crippen LogP contribution in [0.4, 0.5) is 4.39 Å². The molecule has 0 atom stereocenters. The monoisotopic (exact) mass is 395 g/mol. The van der Waals surface area contributed by atoms with Gasteiger partial charge in [0, 0.05) is 30.8 Å². The number of carbonyl (C=O) groups excluding carboxylic acids is 1. The Hall–Kier alpha value is -2.80. The van der Waals surface area contributed by atoms with E-state index in [-0.39, 0.29) is 23.2 Å². The Morgan fingerprint density at radius 2 is 1.97 bits per heavy atom. The number of hydrogen-bond acceptors (Lipinski definition) is 4. The van der Waals surface area contributed by atoms with Crippen molar-refractivity contribution in [2.24, 2.45) is 0 Å². The second-order valence-electron chi connectivity index (χ2n) is 8.49. The smallest absolute Gasteiger partial charge is 0.274 e. The molecule has 6 nitrogen and oxygen atoms in total. The van der Waals surface area contributed by atoms with Gasteiger partial charge in [0.1, 0.15) is 11.5 Å². The topological polar surface area (TPSA) is 62.5 Å². The van der Waals surface area contributed by atoms with Gasteiger partial charge in [-0.25, -0.2) is 13.9 Å². The number of halogens is 1. The van der Waals surface area contributed by atoms with Crippen molar-refractivity contribution < 1.29 is 9.18 Å². The Morgan fingerprint density at radius 1 is 1.24 bits per heavy atom. The largest absolute Gasteiger partial charge is 0.330 e. The van der Waals surface area contributed by atoms with E-state index in [9.17, 15) is 9.18 Å². The number of aromatic nitrogens is 3. The minimum atomic E-state index is -0.284. The number of nitrogens with zero attached hydrogens (tertiary/aromatic N) is 4. The Kier molecular flexibility index (Phi) is 4.86. The summed E-state index contributed by atoms with van der Waals surface area (Å²) in [4.78, 5) is 19.7. The first-order chi connectivity index (χ1) is 13.8. The maximum absolute atomic E-state index is 13.3. The first kappa shape index (κ1) is 19.5. The van der Waals surface area contributed by atoms with Crippen LogP contribution in [-0.2, 0) is 0 Å². The zero-order chi connectivity index (χ0) is 20.8. The third-order valence-electron chi connectivity index (χ3n) is 5.48. The van der Waals surface area contributed by atoms with Crippen LogP contribution in [0, 0.1) is 5.82 Å². The molecule has 1 fully saturated rings. The number of imidazole rings is 1. The average molecular weight is 395 g/mol. The summed E-state index contributed by atoms with van der Waals surface area (Å²) < 4.78 is 15.0. The highest BCUT2D eigenvalue weighted by Gasteiger charge is 2.35. The summed E-state index contributed by atoms with van der Waals surface area (Å²) in [6.07, 6.45) is 1.70. The van der Waals surface area contributed by atoms with E-state index in [0.29, 0.717) is 17.9 Å². The predicted octanol–water partition coefficient (Wildman–Crippen LogP) is 3.48. The van der Waals surface area contributed by atoms with E-state index < -0.39 is 0 Å². The summed E-state index contributed by atoms with van der Waals surface area (Å²) in [7, 11) is 0. The van der Waals surface area contributed by atoms with Crippen LogP contribution in [-0.4, -0.2) is 50.6 Å². The third kappa shape index (κ3) is 3.62. The lowest BCUT2D eigenvalue weighted by molar-refractivity contribution is 0.0472. The highest BCUT2D eigenvalue weighted by Crippen LogP contribution is 2.27. The van der Waals surface area contributed by atoms with E-state index in [0.717, 1.165) is 29.9 Å². The van der Waals surface area contributed by atoms with Crippen molar-refractivity contribution >= 4 is 11.6 Å². The second kappa shape index (κ2) is 7.22. The van der Waals surface area contributed by atoms with Gasteiger partial charge in [0.25, 0.3) is 5.91 Å². The van der Waals surface area contributed by atoms with Gasteiger partial charge in [0.05, 0.1) is 17.4 Å². The van der Waals surface area contributed by atoms with Crippen LogP contribution in [0.1, 0.15) is 49.7 Å². The van der Waals surface area contributed by atoms with Gasteiger partial charge in [-0.05, 0) is 50.1 Å². The lowest BCUT2D eigenvalue weighted by Crippen LogP contribution is -2.59. The van der Waals surface area contributed by atoms with Gasteiger partial charge in [-0.1, -0.05) is 13.8 Å². The van der Waals surface area contributed by atoms with Crippen molar-refractivity contribution in [3.63, 3.8) is 0 Å². The summed E-state index contributed by atoms with van der Waals surface area (Å²) in [6.45, 7) is 10.4. The van der Waals surface area contributed by atoms with Crippen LogP contribution in [0.2, 0.25) is 0 Å². The van der Waals surface area contributed by atoms with Gasteiger partial charge in [-0.15, -0.1) is 0 Å². The zero-order valence-electron chi connectivity index (χ0n) is 17.2. The van der Waals surface area contributed by atoms with Crippen LogP contribution < -0.4 is 5.32 Å². The van der Waals surface area contributed by atoms with E-state index in [2.05, 4.69) is 43.1 Å². The Morgan fingerprint density at radius 3 is 2.62 bits per heavy atom. The lowest BCUT2D eigenvalue weighted by Gasteiger charge is -2.42. The molecule has 0 radical (unpaired) electrons. The molecule has 1 aliphatic rings. The molecule has 3 aromatic rings. The molecular formula is C22H26FN5O. The van der Waals surface area contributed by atoms with Crippen molar-refractivity contribution in [1.29, 1.82) is 0 Å². The summed E-state index contributed by atoms with van der Waals surface area (Å²) in [5.41, 5.74) is 3.34. The lowest BCUT2D eigenvalue weighted by atomic mass is 10.00. The van der Waals surface area contributed by atoms with Gasteiger partial charge < -0.3 is 10.2 Å². The van der Waals surface area contributed by atoms with E-state index in [4.69, 9.17) is 0 Å². The molecule has 0 saturated carbocycles. The number of fused-ring (bicyclic) bond motifs is 1. The molecule has 1 aromatic carbocycles. The molecule has 1 aliphatic heterocycles. The summed E-state index contributed by atoms with van der Waals surface area (Å²) in [5, 5.41) is 7.98. The molecule has 0 bridgehead atoms. The summed E-state index contributed by atoms with van der Waals surface area (Å²) in [6, 6.07) is 8.24. The molecule has 1 amide bonds. The van der Waals surface area contributed by atoms with Gasteiger partial charge >= 0.3 is 0 Å². The molecule has 29 heavy (non-hydrogen) atoms. The van der Waals surface area contributed by atoms with E-state index in [1.165, 1.54) is 12.1 Å². The highest BCUT2D eigenvalue weighted by atomic mass is 19.1. The molecule has 4 rings (SSSR count). The van der Waals surface area contributed by atoms with E-state index in [1.807, 2.05) is 11.0 Å². The number of carbonyl (C=O) groups is 1. The number of benzene rings is 1. The molecule has 3 heterocycles. The van der Waals surface area contributed by atoms with Crippen molar-refractivity contribution in [1.82, 2.24) is 24.8 Å². The normalized spacial score (nSPS) is 16.6. The van der Waals surface area contributed by atoms with Gasteiger partial charge in [-0.3, -0.25) is 4.79 Å². The standard InChI is InChI=1S/C22H26FN5O/c1-14(2)17-11-18(15-5-7-16(23)8-6-15)26-28-12-19(25-20(17)28)21(29)27-10-9-24-13-22(27,3)4/h5-8,11-12,14,24H,9-10,13H2,1-4H3. The van der Waals surface area contributed by atoms with Crippen molar-refractivity contribution in [3.05, 3.63) is 53.6 Å². The Balaban J connectivity index is 1.79. The predicted molar refractivity (Wildman–Crippen MR) is 110 cm³/mol. The molecule has 0 spiro atoms. The average Bonchev–Trinajstić information content (AvgIpc) is 3.11. The summed E-state index contributed by atoms with van der Waals surface area (Å²) in [5.74, 6) is -0.172. The maximum atomic E-state index is 13.3. The fourth-order valence-corrected chi connectivity index (χ4v) is 3.79. The van der Waals surface area contributed by atoms with Crippen LogP contribution >= 0.6 is 0 Å². The van der Waals surface area contributed by atoms with Crippen LogP contribution in [0.15, 0.2) is 36.5 Å².